The Labute approximate surface area is 95.5 Å². The summed E-state index contributed by atoms with van der Waals surface area (Å²) in [4.78, 5) is 4.54. The van der Waals surface area contributed by atoms with E-state index in [1.54, 1.807) is 0 Å². The zero-order valence-corrected chi connectivity index (χ0v) is 9.61. The van der Waals surface area contributed by atoms with Crippen molar-refractivity contribution in [3.8, 4) is 0 Å². The van der Waals surface area contributed by atoms with Crippen LogP contribution in [0.25, 0.3) is 11.0 Å². The molecule has 84 valence electrons. The van der Waals surface area contributed by atoms with Gasteiger partial charge in [-0.05, 0) is 49.5 Å². The Morgan fingerprint density at radius 2 is 2.19 bits per heavy atom. The second kappa shape index (κ2) is 3.91. The number of rotatable bonds is 1. The number of nitrogens with one attached hydrogen (secondary N) is 1. The van der Waals surface area contributed by atoms with E-state index in [-0.39, 0.29) is 0 Å². The number of hydrogen-bond donors (Lipinski definition) is 1. The van der Waals surface area contributed by atoms with Crippen LogP contribution in [-0.4, -0.2) is 22.6 Å². The fraction of sp³-hybridized carbons (Fsp3) is 0.462. The molecule has 0 radical (unpaired) electrons. The highest BCUT2D eigenvalue weighted by Gasteiger charge is 2.16. The standard InChI is InChI=1S/C13H17N3/c1-16-7-4-12-13(16)8-11(9-15-12)10-2-5-14-6-3-10/h4,7-10,14H,2-3,5-6H2,1H3. The van der Waals surface area contributed by atoms with E-state index in [2.05, 4.69) is 46.4 Å². The summed E-state index contributed by atoms with van der Waals surface area (Å²) >= 11 is 0. The van der Waals surface area contributed by atoms with E-state index in [1.807, 2.05) is 0 Å². The summed E-state index contributed by atoms with van der Waals surface area (Å²) in [6, 6.07) is 4.37. The van der Waals surface area contributed by atoms with Crippen LogP contribution in [0, 0.1) is 0 Å². The number of nitrogens with zero attached hydrogens (tertiary/aromatic N) is 2. The Hall–Kier alpha value is -1.35. The monoisotopic (exact) mass is 215 g/mol. The second-order valence-electron chi connectivity index (χ2n) is 4.62. The summed E-state index contributed by atoms with van der Waals surface area (Å²) in [5.74, 6) is 0.688. The highest BCUT2D eigenvalue weighted by atomic mass is 14.9. The lowest BCUT2D eigenvalue weighted by atomic mass is 9.91. The summed E-state index contributed by atoms with van der Waals surface area (Å²) < 4.78 is 2.15. The lowest BCUT2D eigenvalue weighted by Crippen LogP contribution is -2.26. The van der Waals surface area contributed by atoms with Gasteiger partial charge < -0.3 is 9.88 Å². The molecular formula is C13H17N3. The molecule has 0 aromatic carbocycles. The Bertz CT molecular complexity index is 495. The Morgan fingerprint density at radius 3 is 3.00 bits per heavy atom. The fourth-order valence-corrected chi connectivity index (χ4v) is 2.53. The zero-order valence-electron chi connectivity index (χ0n) is 9.61. The summed E-state index contributed by atoms with van der Waals surface area (Å²) in [6.07, 6.45) is 6.59. The van der Waals surface area contributed by atoms with Gasteiger partial charge in [-0.2, -0.15) is 0 Å². The van der Waals surface area contributed by atoms with E-state index in [0.29, 0.717) is 5.92 Å². The van der Waals surface area contributed by atoms with Crippen LogP contribution in [-0.2, 0) is 7.05 Å². The molecule has 3 rings (SSSR count). The third-order valence-corrected chi connectivity index (χ3v) is 3.57. The second-order valence-corrected chi connectivity index (χ2v) is 4.62. The van der Waals surface area contributed by atoms with Gasteiger partial charge in [0.15, 0.2) is 0 Å². The maximum absolute atomic E-state index is 4.54. The van der Waals surface area contributed by atoms with Crippen LogP contribution in [0.5, 0.6) is 0 Å². The molecule has 0 aliphatic carbocycles. The molecule has 1 fully saturated rings. The molecule has 0 amide bonds. The van der Waals surface area contributed by atoms with Gasteiger partial charge in [-0.1, -0.05) is 0 Å². The Morgan fingerprint density at radius 1 is 1.38 bits per heavy atom. The first-order chi connectivity index (χ1) is 7.84. The molecule has 1 N–H and O–H groups in total. The summed E-state index contributed by atoms with van der Waals surface area (Å²) in [5.41, 5.74) is 3.74. The first-order valence-corrected chi connectivity index (χ1v) is 5.96. The minimum Gasteiger partial charge on any atom is -0.349 e. The predicted molar refractivity (Wildman–Crippen MR) is 65.6 cm³/mol. The van der Waals surface area contributed by atoms with E-state index in [4.69, 9.17) is 0 Å². The van der Waals surface area contributed by atoms with Gasteiger partial charge >= 0.3 is 0 Å². The molecule has 3 heteroatoms. The van der Waals surface area contributed by atoms with E-state index in [0.717, 1.165) is 18.6 Å². The van der Waals surface area contributed by atoms with Crippen molar-refractivity contribution in [1.82, 2.24) is 14.9 Å². The van der Waals surface area contributed by atoms with Crippen molar-refractivity contribution in [3.05, 3.63) is 30.1 Å². The maximum Gasteiger partial charge on any atom is 0.0881 e. The number of piperidine rings is 1. The van der Waals surface area contributed by atoms with Crippen LogP contribution < -0.4 is 5.32 Å². The fourth-order valence-electron chi connectivity index (χ4n) is 2.53. The van der Waals surface area contributed by atoms with Crippen molar-refractivity contribution in [2.75, 3.05) is 13.1 Å². The third-order valence-electron chi connectivity index (χ3n) is 3.57. The van der Waals surface area contributed by atoms with E-state index < -0.39 is 0 Å². The summed E-state index contributed by atoms with van der Waals surface area (Å²) in [5, 5.41) is 3.40. The zero-order chi connectivity index (χ0) is 11.0. The Balaban J connectivity index is 1.99. The average molecular weight is 215 g/mol. The first kappa shape index (κ1) is 9.85. The van der Waals surface area contributed by atoms with Crippen LogP contribution in [0.15, 0.2) is 24.5 Å². The van der Waals surface area contributed by atoms with Gasteiger partial charge in [0.1, 0.15) is 0 Å². The van der Waals surface area contributed by atoms with Crippen LogP contribution in [0.1, 0.15) is 24.3 Å². The van der Waals surface area contributed by atoms with Crippen molar-refractivity contribution < 1.29 is 0 Å². The molecule has 16 heavy (non-hydrogen) atoms. The molecule has 2 aromatic rings. The van der Waals surface area contributed by atoms with Gasteiger partial charge in [0.05, 0.1) is 11.0 Å². The largest absolute Gasteiger partial charge is 0.349 e. The van der Waals surface area contributed by atoms with Crippen LogP contribution >= 0.6 is 0 Å². The average Bonchev–Trinajstić information content (AvgIpc) is 2.72. The molecule has 0 atom stereocenters. The number of pyridine rings is 1. The van der Waals surface area contributed by atoms with Crippen molar-refractivity contribution in [2.45, 2.75) is 18.8 Å². The highest BCUT2D eigenvalue weighted by molar-refractivity contribution is 5.76. The number of aromatic nitrogens is 2. The topological polar surface area (TPSA) is 29.9 Å². The van der Waals surface area contributed by atoms with Crippen molar-refractivity contribution in [2.24, 2.45) is 7.05 Å². The van der Waals surface area contributed by atoms with Gasteiger partial charge in [-0.3, -0.25) is 4.98 Å². The number of hydrogen-bond acceptors (Lipinski definition) is 2. The lowest BCUT2D eigenvalue weighted by Gasteiger charge is -2.22. The van der Waals surface area contributed by atoms with Crippen LogP contribution in [0.2, 0.25) is 0 Å². The molecule has 0 spiro atoms. The lowest BCUT2D eigenvalue weighted by molar-refractivity contribution is 0.460. The van der Waals surface area contributed by atoms with Gasteiger partial charge in [0.25, 0.3) is 0 Å². The smallest absolute Gasteiger partial charge is 0.0881 e. The molecule has 0 saturated carbocycles. The minimum absolute atomic E-state index is 0.688. The van der Waals surface area contributed by atoms with Crippen LogP contribution in [0.3, 0.4) is 0 Å². The molecule has 1 aliphatic heterocycles. The van der Waals surface area contributed by atoms with Gasteiger partial charge in [0.2, 0.25) is 0 Å². The van der Waals surface area contributed by atoms with Crippen molar-refractivity contribution in [3.63, 3.8) is 0 Å². The van der Waals surface area contributed by atoms with E-state index in [9.17, 15) is 0 Å². The van der Waals surface area contributed by atoms with E-state index >= 15 is 0 Å². The Kier molecular flexibility index (Phi) is 2.40. The normalized spacial score (nSPS) is 18.1. The maximum atomic E-state index is 4.54. The molecule has 1 saturated heterocycles. The van der Waals surface area contributed by atoms with Crippen molar-refractivity contribution in [1.29, 1.82) is 0 Å². The molecule has 3 nitrogen and oxygen atoms in total. The van der Waals surface area contributed by atoms with Crippen LogP contribution in [0.4, 0.5) is 0 Å². The highest BCUT2D eigenvalue weighted by Crippen LogP contribution is 2.26. The number of fused-ring (bicyclic) bond motifs is 1. The molecular weight excluding hydrogens is 198 g/mol. The predicted octanol–water partition coefficient (Wildman–Crippen LogP) is 2.04. The molecule has 1 aliphatic rings. The van der Waals surface area contributed by atoms with E-state index in [1.165, 1.54) is 23.9 Å². The molecule has 0 bridgehead atoms. The third kappa shape index (κ3) is 1.61. The first-order valence-electron chi connectivity index (χ1n) is 5.96. The quantitative estimate of drug-likeness (QED) is 0.789. The molecule has 0 unspecified atom stereocenters. The molecule has 2 aromatic heterocycles. The summed E-state index contributed by atoms with van der Waals surface area (Å²) in [7, 11) is 2.08. The minimum atomic E-state index is 0.688. The summed E-state index contributed by atoms with van der Waals surface area (Å²) in [6.45, 7) is 2.27. The van der Waals surface area contributed by atoms with Gasteiger partial charge in [-0.15, -0.1) is 0 Å². The molecule has 3 heterocycles. The van der Waals surface area contributed by atoms with Gasteiger partial charge in [0, 0.05) is 19.4 Å². The van der Waals surface area contributed by atoms with Crippen molar-refractivity contribution >= 4 is 11.0 Å². The SMILES string of the molecule is Cn1ccc2ncc(C3CCNCC3)cc21. The number of aryl methyl sites for hydroxylation is 1. The van der Waals surface area contributed by atoms with Gasteiger partial charge in [-0.25, -0.2) is 0 Å².